The van der Waals surface area contributed by atoms with Crippen molar-refractivity contribution in [3.8, 4) is 22.6 Å². The van der Waals surface area contributed by atoms with Gasteiger partial charge >= 0.3 is 12.1 Å². The number of nitrogens with one attached hydrogen (secondary N) is 1. The van der Waals surface area contributed by atoms with Crippen LogP contribution in [0.15, 0.2) is 48.5 Å². The van der Waals surface area contributed by atoms with Crippen LogP contribution < -0.4 is 5.32 Å². The number of rotatable bonds is 6. The number of aromatic carboxylic acids is 1. The summed E-state index contributed by atoms with van der Waals surface area (Å²) in [5.41, 5.74) is 0.733. The summed E-state index contributed by atoms with van der Waals surface area (Å²) >= 11 is 0. The van der Waals surface area contributed by atoms with Crippen LogP contribution in [-0.4, -0.2) is 40.5 Å². The highest BCUT2D eigenvalue weighted by molar-refractivity contribution is 6.04. The van der Waals surface area contributed by atoms with Crippen molar-refractivity contribution in [2.75, 3.05) is 13.7 Å². The van der Waals surface area contributed by atoms with Crippen LogP contribution in [0.5, 0.6) is 5.75 Å². The van der Waals surface area contributed by atoms with Gasteiger partial charge in [-0.1, -0.05) is 26.0 Å². The molecule has 0 saturated heterocycles. The van der Waals surface area contributed by atoms with Gasteiger partial charge in [0.2, 0.25) is 5.82 Å². The number of carboxylic acid groups (broad SMARTS) is 1. The monoisotopic (exact) mass is 526 g/mol. The van der Waals surface area contributed by atoms with E-state index in [-0.39, 0.29) is 34.2 Å². The van der Waals surface area contributed by atoms with Gasteiger partial charge in [-0.2, -0.15) is 4.39 Å². The summed E-state index contributed by atoms with van der Waals surface area (Å²) < 4.78 is 50.5. The van der Waals surface area contributed by atoms with Gasteiger partial charge in [0.25, 0.3) is 0 Å². The van der Waals surface area contributed by atoms with Gasteiger partial charge in [0.15, 0.2) is 11.6 Å². The number of carboxylic acids is 1. The Morgan fingerprint density at radius 2 is 1.68 bits per heavy atom. The molecule has 10 heteroatoms. The summed E-state index contributed by atoms with van der Waals surface area (Å²) in [5.74, 6) is -5.33. The van der Waals surface area contributed by atoms with Crippen LogP contribution in [0.3, 0.4) is 0 Å². The lowest BCUT2D eigenvalue weighted by molar-refractivity contribution is 0.0696. The van der Waals surface area contributed by atoms with Crippen LogP contribution in [0.25, 0.3) is 27.7 Å². The van der Waals surface area contributed by atoms with E-state index in [1.54, 1.807) is 25.3 Å². The Bertz CT molecular complexity index is 1580. The number of hydrogen-bond donors (Lipinski definition) is 3. The Hall–Kier alpha value is -4.47. The highest BCUT2D eigenvalue weighted by atomic mass is 19.2. The molecule has 198 valence electrons. The van der Waals surface area contributed by atoms with Crippen molar-refractivity contribution < 1.29 is 37.7 Å². The number of aromatic nitrogens is 1. The molecule has 0 unspecified atom stereocenters. The second kappa shape index (κ2) is 9.77. The minimum absolute atomic E-state index is 0.00291. The number of nitrogens with zero attached hydrogens (tertiary/aromatic N) is 1. The molecule has 0 saturated carbocycles. The molecular formula is C28H25F3N2O5. The van der Waals surface area contributed by atoms with Gasteiger partial charge in [-0.05, 0) is 48.4 Å². The average molecular weight is 527 g/mol. The van der Waals surface area contributed by atoms with Crippen LogP contribution >= 0.6 is 0 Å². The lowest BCUT2D eigenvalue weighted by Crippen LogP contribution is -2.32. The molecule has 0 aliphatic rings. The number of benzene rings is 3. The first-order valence-corrected chi connectivity index (χ1v) is 11.6. The summed E-state index contributed by atoms with van der Waals surface area (Å²) in [5, 5.41) is 22.5. The van der Waals surface area contributed by atoms with Crippen molar-refractivity contribution in [2.24, 2.45) is 0 Å². The third-order valence-corrected chi connectivity index (χ3v) is 6.35. The number of fused-ring (bicyclic) bond motifs is 1. The van der Waals surface area contributed by atoms with Crippen molar-refractivity contribution in [3.63, 3.8) is 0 Å². The molecule has 4 aromatic rings. The average Bonchev–Trinajstić information content (AvgIpc) is 3.23. The van der Waals surface area contributed by atoms with E-state index >= 15 is 0 Å². The maximum atomic E-state index is 14.7. The number of carbonyl (C=O) groups is 2. The number of phenols is 1. The zero-order valence-corrected chi connectivity index (χ0v) is 21.0. The quantitative estimate of drug-likeness (QED) is 0.284. The van der Waals surface area contributed by atoms with Crippen LogP contribution in [0, 0.1) is 24.4 Å². The van der Waals surface area contributed by atoms with E-state index < -0.39 is 40.7 Å². The van der Waals surface area contributed by atoms with E-state index in [0.717, 1.165) is 6.07 Å². The molecular weight excluding hydrogens is 501 g/mol. The molecule has 0 atom stereocenters. The minimum Gasteiger partial charge on any atom is -0.504 e. The number of alkyl carbamates (subject to hydrolysis) is 1. The highest BCUT2D eigenvalue weighted by Crippen LogP contribution is 2.47. The van der Waals surface area contributed by atoms with E-state index in [9.17, 15) is 33.0 Å². The molecule has 0 fully saturated rings. The fourth-order valence-corrected chi connectivity index (χ4v) is 4.50. The summed E-state index contributed by atoms with van der Waals surface area (Å²) in [6.45, 7) is 4.83. The molecule has 0 spiro atoms. The predicted octanol–water partition coefficient (Wildman–Crippen LogP) is 6.06. The summed E-state index contributed by atoms with van der Waals surface area (Å²) in [4.78, 5) is 23.4. The Morgan fingerprint density at radius 3 is 2.26 bits per heavy atom. The number of hydrogen-bond acceptors (Lipinski definition) is 4. The van der Waals surface area contributed by atoms with E-state index in [1.165, 1.54) is 49.5 Å². The molecule has 0 bridgehead atoms. The van der Waals surface area contributed by atoms with Gasteiger partial charge in [-0.3, -0.25) is 0 Å². The fourth-order valence-electron chi connectivity index (χ4n) is 4.50. The third kappa shape index (κ3) is 4.53. The van der Waals surface area contributed by atoms with Gasteiger partial charge in [0.1, 0.15) is 12.4 Å². The zero-order valence-electron chi connectivity index (χ0n) is 21.0. The van der Waals surface area contributed by atoms with E-state index in [1.807, 2.05) is 0 Å². The number of aromatic hydroxyl groups is 1. The van der Waals surface area contributed by atoms with Gasteiger partial charge in [-0.15, -0.1) is 0 Å². The first kappa shape index (κ1) is 26.6. The predicted molar refractivity (Wildman–Crippen MR) is 135 cm³/mol. The molecule has 4 rings (SSSR count). The molecule has 1 aromatic heterocycles. The topological polar surface area (TPSA) is 101 Å². The number of carbonyl (C=O) groups excluding carboxylic acids is 1. The first-order valence-electron chi connectivity index (χ1n) is 11.6. The molecule has 3 aromatic carbocycles. The molecule has 1 heterocycles. The van der Waals surface area contributed by atoms with Gasteiger partial charge in [0, 0.05) is 35.5 Å². The largest absolute Gasteiger partial charge is 0.504 e. The fraction of sp³-hybridized carbons (Fsp3) is 0.214. The van der Waals surface area contributed by atoms with Gasteiger partial charge in [-0.25, -0.2) is 18.4 Å². The number of ether oxygens (including phenoxy) is 1. The van der Waals surface area contributed by atoms with E-state index in [4.69, 9.17) is 4.74 Å². The number of halogens is 3. The Balaban J connectivity index is 2.17. The molecule has 3 N–H and O–H groups in total. The van der Waals surface area contributed by atoms with Crippen LogP contribution in [0.1, 0.15) is 35.5 Å². The molecule has 38 heavy (non-hydrogen) atoms. The van der Waals surface area contributed by atoms with Crippen molar-refractivity contribution >= 4 is 23.0 Å². The molecule has 0 aliphatic heterocycles. The molecule has 1 amide bonds. The third-order valence-electron chi connectivity index (χ3n) is 6.35. The van der Waals surface area contributed by atoms with E-state index in [2.05, 4.69) is 5.32 Å². The summed E-state index contributed by atoms with van der Waals surface area (Å²) in [6.07, 6.45) is -0.703. The van der Waals surface area contributed by atoms with Crippen LogP contribution in [-0.2, 0) is 10.2 Å². The Kier molecular flexibility index (Phi) is 6.84. The van der Waals surface area contributed by atoms with E-state index in [0.29, 0.717) is 16.9 Å². The van der Waals surface area contributed by atoms with Crippen molar-refractivity contribution in [1.29, 1.82) is 0 Å². The Morgan fingerprint density at radius 1 is 1.03 bits per heavy atom. The van der Waals surface area contributed by atoms with Crippen molar-refractivity contribution in [1.82, 2.24) is 9.88 Å². The lowest BCUT2D eigenvalue weighted by Gasteiger charge is -2.28. The maximum Gasteiger partial charge on any atom is 0.406 e. The number of aryl methyl sites for hydroxylation is 1. The first-order chi connectivity index (χ1) is 17.9. The van der Waals surface area contributed by atoms with Gasteiger partial charge < -0.3 is 24.8 Å². The van der Waals surface area contributed by atoms with Gasteiger partial charge in [0.05, 0.1) is 16.5 Å². The standard InChI is InChI=1S/C28H25F3N2O5/c1-14-11-17(9-10-18(14)29)33-20-12-19(30)23(31)24(34)22(20)21(15-5-7-16(8-6-15)26(35)36)25(33)28(2,3)13-38-27(37)32-4/h5-12,34H,13H2,1-4H3,(H,32,37)(H,35,36). The van der Waals surface area contributed by atoms with Crippen molar-refractivity contribution in [3.05, 3.63) is 82.8 Å². The summed E-state index contributed by atoms with van der Waals surface area (Å²) in [7, 11) is 1.40. The molecule has 0 radical (unpaired) electrons. The summed E-state index contributed by atoms with van der Waals surface area (Å²) in [6, 6.07) is 10.8. The normalized spacial score (nSPS) is 11.6. The SMILES string of the molecule is CNC(=O)OCC(C)(C)c1c(-c2ccc(C(=O)O)cc2)c2c(O)c(F)c(F)cc2n1-c1ccc(F)c(C)c1. The lowest BCUT2D eigenvalue weighted by atomic mass is 9.84. The number of amides is 1. The second-order valence-corrected chi connectivity index (χ2v) is 9.50. The molecule has 0 aliphatic carbocycles. The van der Waals surface area contributed by atoms with Crippen LogP contribution in [0.2, 0.25) is 0 Å². The zero-order chi connectivity index (χ0) is 27.9. The maximum absolute atomic E-state index is 14.7. The highest BCUT2D eigenvalue weighted by Gasteiger charge is 2.35. The van der Waals surface area contributed by atoms with Crippen LogP contribution in [0.4, 0.5) is 18.0 Å². The smallest absolute Gasteiger partial charge is 0.406 e. The second-order valence-electron chi connectivity index (χ2n) is 9.50. The van der Waals surface area contributed by atoms with Crippen molar-refractivity contribution in [2.45, 2.75) is 26.2 Å². The Labute approximate surface area is 216 Å². The number of phenolic OH excluding ortho intramolecular Hbond substituents is 1. The molecule has 7 nitrogen and oxygen atoms in total. The minimum atomic E-state index is -1.46.